The second-order valence-corrected chi connectivity index (χ2v) is 25.0. The van der Waals surface area contributed by atoms with E-state index >= 15 is 0 Å². The van der Waals surface area contributed by atoms with E-state index in [-0.39, 0.29) is 11.1 Å². The van der Waals surface area contributed by atoms with Crippen LogP contribution in [0.3, 0.4) is 0 Å². The number of hydrogen-bond acceptors (Lipinski definition) is 0. The second kappa shape index (κ2) is 11.2. The van der Waals surface area contributed by atoms with Crippen molar-refractivity contribution in [2.24, 2.45) is 0 Å². The molecule has 2 atom stereocenters. The van der Waals surface area contributed by atoms with Crippen LogP contribution in [-0.2, 0) is 24.6 Å². The molecule has 0 saturated carbocycles. The summed E-state index contributed by atoms with van der Waals surface area (Å²) in [5.74, 6) is 0.864. The lowest BCUT2D eigenvalue weighted by Crippen LogP contribution is -2.36. The summed E-state index contributed by atoms with van der Waals surface area (Å²) in [4.78, 5) is 0. The molecule has 0 spiro atoms. The van der Waals surface area contributed by atoms with E-state index in [1.54, 1.807) is 0 Å². The maximum atomic E-state index is 6.51. The number of halogens is 8. The zero-order valence-electron chi connectivity index (χ0n) is 14.6. The Hall–Kier alpha value is 1.19. The molecule has 10 heteroatoms. The minimum absolute atomic E-state index is 0.335. The summed E-state index contributed by atoms with van der Waals surface area (Å²) in [5.41, 5.74) is 3.41. The van der Waals surface area contributed by atoms with Gasteiger partial charge in [-0.3, -0.25) is 0 Å². The topological polar surface area (TPSA) is 0 Å². The van der Waals surface area contributed by atoms with Crippen molar-refractivity contribution in [3.8, 4) is 0 Å². The molecule has 0 saturated heterocycles. The molecule has 0 nitrogen and oxygen atoms in total. The monoisotopic (exact) mass is 570 g/mol. The van der Waals surface area contributed by atoms with Gasteiger partial charge in [0.15, 0.2) is 0 Å². The number of benzene rings is 2. The zero-order chi connectivity index (χ0) is 20.9. The average Bonchev–Trinajstić information content (AvgIpc) is 2.63. The van der Waals surface area contributed by atoms with Crippen molar-refractivity contribution < 1.29 is 0 Å². The molecule has 28 heavy (non-hydrogen) atoms. The Labute approximate surface area is 206 Å². The van der Waals surface area contributed by atoms with Gasteiger partial charge in [0.1, 0.15) is 0 Å². The normalized spacial score (nSPS) is 14.7. The van der Waals surface area contributed by atoms with Crippen LogP contribution >= 0.6 is 89.7 Å². The molecule has 2 aromatic carbocycles. The number of alkyl halides is 2. The van der Waals surface area contributed by atoms with E-state index in [2.05, 4.69) is 0 Å². The van der Waals surface area contributed by atoms with Crippen LogP contribution in [-0.4, -0.2) is 12.0 Å². The maximum Gasteiger partial charge on any atom is 0.344 e. The van der Waals surface area contributed by atoms with Gasteiger partial charge in [0.25, 0.3) is 0 Å². The van der Waals surface area contributed by atoms with Gasteiger partial charge >= 0.3 is 12.0 Å². The Balaban J connectivity index is 2.36. The third-order valence-electron chi connectivity index (χ3n) is 4.56. The zero-order valence-corrected chi connectivity index (χ0v) is 22.7. The Bertz CT molecular complexity index is 755. The van der Waals surface area contributed by atoms with E-state index in [1.165, 1.54) is 0 Å². The molecule has 0 aliphatic rings. The lowest BCUT2D eigenvalue weighted by molar-refractivity contribution is 0.714. The lowest BCUT2D eigenvalue weighted by Gasteiger charge is -2.34. The number of rotatable bonds is 9. The third-order valence-corrected chi connectivity index (χ3v) is 13.5. The van der Waals surface area contributed by atoms with Crippen LogP contribution in [0.4, 0.5) is 0 Å². The fourth-order valence-electron chi connectivity index (χ4n) is 3.08. The quantitative estimate of drug-likeness (QED) is 0.159. The van der Waals surface area contributed by atoms with Crippen molar-refractivity contribution in [3.63, 3.8) is 0 Å². The molecular weight excluding hydrogens is 556 g/mol. The Morgan fingerprint density at radius 2 is 1.00 bits per heavy atom. The summed E-state index contributed by atoms with van der Waals surface area (Å²) in [6.07, 6.45) is 1.06. The van der Waals surface area contributed by atoms with Crippen molar-refractivity contribution in [3.05, 3.63) is 70.8 Å². The van der Waals surface area contributed by atoms with Gasteiger partial charge in [-0.1, -0.05) is 48.5 Å². The predicted molar refractivity (Wildman–Crippen MR) is 134 cm³/mol. The summed E-state index contributed by atoms with van der Waals surface area (Å²) in [5, 5.41) is 0. The van der Waals surface area contributed by atoms with Gasteiger partial charge < -0.3 is 0 Å². The van der Waals surface area contributed by atoms with Crippen LogP contribution in [0.25, 0.3) is 0 Å². The summed E-state index contributed by atoms with van der Waals surface area (Å²) in [7, 11) is 0. The van der Waals surface area contributed by atoms with Crippen LogP contribution in [0.2, 0.25) is 11.1 Å². The first kappa shape index (κ1) is 25.5. The molecule has 0 aliphatic carbocycles. The maximum absolute atomic E-state index is 6.51. The summed E-state index contributed by atoms with van der Waals surface area (Å²) >= 11 is 50.9. The molecule has 0 radical (unpaired) electrons. The average molecular weight is 574 g/mol. The van der Waals surface area contributed by atoms with Crippen molar-refractivity contribution in [2.45, 2.75) is 35.7 Å². The molecule has 2 rings (SSSR count). The lowest BCUT2D eigenvalue weighted by atomic mass is 10.0. The van der Waals surface area contributed by atoms with E-state index in [4.69, 9.17) is 89.7 Å². The van der Waals surface area contributed by atoms with Crippen molar-refractivity contribution in [1.82, 2.24) is 0 Å². The minimum Gasteiger partial charge on any atom is -0.126 e. The fraction of sp³-hybridized carbons (Fsp3) is 0.333. The molecule has 0 fully saturated rings. The van der Waals surface area contributed by atoms with Crippen LogP contribution in [0, 0.1) is 0 Å². The molecule has 2 aromatic rings. The van der Waals surface area contributed by atoms with Gasteiger partial charge in [-0.05, 0) is 35.1 Å². The minimum atomic E-state index is -3.20. The van der Waals surface area contributed by atoms with Crippen molar-refractivity contribution >= 4 is 102 Å². The molecular formula is C18H18Cl8Si2. The Kier molecular flexibility index (Phi) is 10.2. The molecule has 154 valence electrons. The second-order valence-electron chi connectivity index (χ2n) is 6.61. The highest BCUT2D eigenvalue weighted by Crippen LogP contribution is 2.53. The molecule has 0 heterocycles. The van der Waals surface area contributed by atoms with Gasteiger partial charge in [0.2, 0.25) is 0 Å². The van der Waals surface area contributed by atoms with Gasteiger partial charge in [-0.25, -0.2) is 0 Å². The summed E-state index contributed by atoms with van der Waals surface area (Å²) < 4.78 is 0. The molecule has 0 aliphatic heterocycles. The standard InChI is InChI=1S/C18H18Cl8Si2/c19-11-14-6-4-13(5-7-14)9-17(27(21,22)23)18(28(24,25)26)10-15-2-1-3-16(8-15)12-20/h1-8,17-18H,9-12H2. The highest BCUT2D eigenvalue weighted by atomic mass is 35.8. The fourth-order valence-corrected chi connectivity index (χ4v) is 13.0. The highest BCUT2D eigenvalue weighted by Gasteiger charge is 2.51. The molecule has 0 bridgehead atoms. The van der Waals surface area contributed by atoms with E-state index in [0.717, 1.165) is 22.3 Å². The first-order valence-electron chi connectivity index (χ1n) is 8.45. The number of hydrogen-bond donors (Lipinski definition) is 0. The van der Waals surface area contributed by atoms with E-state index in [9.17, 15) is 0 Å². The Morgan fingerprint density at radius 3 is 1.46 bits per heavy atom. The smallest absolute Gasteiger partial charge is 0.126 e. The van der Waals surface area contributed by atoms with Crippen LogP contribution < -0.4 is 0 Å². The Morgan fingerprint density at radius 1 is 0.571 bits per heavy atom. The first-order valence-corrected chi connectivity index (χ1v) is 19.7. The van der Waals surface area contributed by atoms with E-state index < -0.39 is 12.0 Å². The van der Waals surface area contributed by atoms with Gasteiger partial charge in [0, 0.05) is 22.8 Å². The van der Waals surface area contributed by atoms with Gasteiger partial charge in [-0.15, -0.1) is 89.7 Å². The molecule has 0 aromatic heterocycles. The summed E-state index contributed by atoms with van der Waals surface area (Å²) in [6.45, 7) is 0. The van der Waals surface area contributed by atoms with E-state index in [0.29, 0.717) is 24.6 Å². The van der Waals surface area contributed by atoms with Crippen LogP contribution in [0.15, 0.2) is 48.5 Å². The largest absolute Gasteiger partial charge is 0.344 e. The van der Waals surface area contributed by atoms with Crippen LogP contribution in [0.1, 0.15) is 22.3 Å². The van der Waals surface area contributed by atoms with Crippen molar-refractivity contribution in [1.29, 1.82) is 0 Å². The first-order chi connectivity index (χ1) is 13.0. The third kappa shape index (κ3) is 7.71. The van der Waals surface area contributed by atoms with Gasteiger partial charge in [0.05, 0.1) is 0 Å². The van der Waals surface area contributed by atoms with Crippen molar-refractivity contribution in [2.75, 3.05) is 0 Å². The summed E-state index contributed by atoms with van der Waals surface area (Å²) in [6, 6.07) is 9.40. The van der Waals surface area contributed by atoms with Crippen LogP contribution in [0.5, 0.6) is 0 Å². The predicted octanol–water partition coefficient (Wildman–Crippen LogP) is 9.00. The molecule has 0 N–H and O–H groups in total. The SMILES string of the molecule is ClCc1ccc(CC(C(Cc2cccc(CCl)c2)[Si](Cl)(Cl)Cl)[Si](Cl)(Cl)Cl)cc1. The highest BCUT2D eigenvalue weighted by molar-refractivity contribution is 7.68. The molecule has 2 unspecified atom stereocenters. The van der Waals surface area contributed by atoms with E-state index in [1.807, 2.05) is 48.5 Å². The molecule has 0 amide bonds. The van der Waals surface area contributed by atoms with Gasteiger partial charge in [-0.2, -0.15) is 0 Å².